The van der Waals surface area contributed by atoms with Crippen molar-refractivity contribution in [1.82, 2.24) is 14.8 Å². The zero-order valence-electron chi connectivity index (χ0n) is 11.5. The number of halogens is 1. The highest BCUT2D eigenvalue weighted by Crippen LogP contribution is 2.13. The van der Waals surface area contributed by atoms with Gasteiger partial charge in [-0.2, -0.15) is 0 Å². The zero-order valence-corrected chi connectivity index (χ0v) is 13.1. The standard InChI is InChI=1S/C13H20BrN5O/c1-10(13(15)17-20)19-4-2-18(3-5-19)9-11-6-12(14)8-16-7-11/h6-8,10,20H,2-5,9H2,1H3,(H2,15,17). The van der Waals surface area contributed by atoms with Crippen molar-refractivity contribution in [1.29, 1.82) is 0 Å². The Hall–Kier alpha value is -1.18. The number of oxime groups is 1. The van der Waals surface area contributed by atoms with Gasteiger partial charge in [-0.25, -0.2) is 0 Å². The third kappa shape index (κ3) is 3.91. The second-order valence-corrected chi connectivity index (χ2v) is 5.94. The van der Waals surface area contributed by atoms with E-state index < -0.39 is 0 Å². The topological polar surface area (TPSA) is 78.0 Å². The number of hydrogen-bond acceptors (Lipinski definition) is 5. The fourth-order valence-corrected chi connectivity index (χ4v) is 2.79. The summed E-state index contributed by atoms with van der Waals surface area (Å²) in [5, 5.41) is 11.8. The van der Waals surface area contributed by atoms with Gasteiger partial charge in [0.15, 0.2) is 5.84 Å². The summed E-state index contributed by atoms with van der Waals surface area (Å²) in [6.07, 6.45) is 3.69. The van der Waals surface area contributed by atoms with Gasteiger partial charge in [0.1, 0.15) is 0 Å². The number of nitrogens with two attached hydrogens (primary N) is 1. The smallest absolute Gasteiger partial charge is 0.156 e. The molecule has 1 aromatic heterocycles. The Kier molecular flexibility index (Phi) is 5.33. The predicted octanol–water partition coefficient (Wildman–Crippen LogP) is 1.10. The summed E-state index contributed by atoms with van der Waals surface area (Å²) in [5.74, 6) is 0.273. The predicted molar refractivity (Wildman–Crippen MR) is 81.7 cm³/mol. The lowest BCUT2D eigenvalue weighted by molar-refractivity contribution is 0.116. The highest BCUT2D eigenvalue weighted by atomic mass is 79.9. The van der Waals surface area contributed by atoms with Gasteiger partial charge in [0.05, 0.1) is 6.04 Å². The number of aromatic nitrogens is 1. The SMILES string of the molecule is CC(/C(N)=N/O)N1CCN(Cc2cncc(Br)c2)CC1. The van der Waals surface area contributed by atoms with Gasteiger partial charge in [0, 0.05) is 49.6 Å². The molecule has 3 N–H and O–H groups in total. The van der Waals surface area contributed by atoms with Crippen molar-refractivity contribution in [3.8, 4) is 0 Å². The third-order valence-corrected chi connectivity index (χ3v) is 4.10. The molecule has 1 atom stereocenters. The van der Waals surface area contributed by atoms with Crippen molar-refractivity contribution in [3.63, 3.8) is 0 Å². The Bertz CT molecular complexity index is 474. The third-order valence-electron chi connectivity index (χ3n) is 3.67. The lowest BCUT2D eigenvalue weighted by Gasteiger charge is -2.37. The van der Waals surface area contributed by atoms with Gasteiger partial charge in [-0.15, -0.1) is 0 Å². The second-order valence-electron chi connectivity index (χ2n) is 5.02. The highest BCUT2D eigenvalue weighted by molar-refractivity contribution is 9.10. The van der Waals surface area contributed by atoms with E-state index in [1.165, 1.54) is 5.56 Å². The summed E-state index contributed by atoms with van der Waals surface area (Å²) < 4.78 is 1.01. The monoisotopic (exact) mass is 341 g/mol. The lowest BCUT2D eigenvalue weighted by atomic mass is 10.2. The average Bonchev–Trinajstić information content (AvgIpc) is 2.46. The van der Waals surface area contributed by atoms with Gasteiger partial charge in [0.25, 0.3) is 0 Å². The van der Waals surface area contributed by atoms with Gasteiger partial charge in [-0.3, -0.25) is 14.8 Å². The number of pyridine rings is 1. The molecule has 0 amide bonds. The van der Waals surface area contributed by atoms with Crippen molar-refractivity contribution in [2.24, 2.45) is 10.9 Å². The van der Waals surface area contributed by atoms with Crippen molar-refractivity contribution >= 4 is 21.8 Å². The van der Waals surface area contributed by atoms with Crippen LogP contribution in [-0.2, 0) is 6.54 Å². The van der Waals surface area contributed by atoms with Gasteiger partial charge in [0.2, 0.25) is 0 Å². The quantitative estimate of drug-likeness (QED) is 0.371. The van der Waals surface area contributed by atoms with E-state index >= 15 is 0 Å². The molecule has 20 heavy (non-hydrogen) atoms. The van der Waals surface area contributed by atoms with Crippen LogP contribution in [-0.4, -0.2) is 58.0 Å². The maximum Gasteiger partial charge on any atom is 0.156 e. The number of hydrogen-bond donors (Lipinski definition) is 2. The molecule has 1 aliphatic heterocycles. The van der Waals surface area contributed by atoms with E-state index in [9.17, 15) is 0 Å². The normalized spacial score (nSPS) is 20.0. The molecular formula is C13H20BrN5O. The molecule has 1 aliphatic rings. The summed E-state index contributed by atoms with van der Waals surface area (Å²) in [6, 6.07) is 2.08. The molecule has 0 aliphatic carbocycles. The molecule has 0 bridgehead atoms. The molecular weight excluding hydrogens is 322 g/mol. The van der Waals surface area contributed by atoms with E-state index in [0.29, 0.717) is 0 Å². The van der Waals surface area contributed by atoms with E-state index in [1.807, 2.05) is 13.1 Å². The van der Waals surface area contributed by atoms with Crippen LogP contribution < -0.4 is 5.73 Å². The Balaban J connectivity index is 1.85. The van der Waals surface area contributed by atoms with Crippen LogP contribution in [0.5, 0.6) is 0 Å². The Morgan fingerprint density at radius 2 is 2.15 bits per heavy atom. The molecule has 1 saturated heterocycles. The van der Waals surface area contributed by atoms with E-state index in [2.05, 4.69) is 41.9 Å². The summed E-state index contributed by atoms with van der Waals surface area (Å²) in [5.41, 5.74) is 6.86. The molecule has 2 heterocycles. The first-order valence-electron chi connectivity index (χ1n) is 6.63. The van der Waals surface area contributed by atoms with E-state index in [-0.39, 0.29) is 11.9 Å². The van der Waals surface area contributed by atoms with Crippen LogP contribution in [0, 0.1) is 0 Å². The largest absolute Gasteiger partial charge is 0.409 e. The van der Waals surface area contributed by atoms with Gasteiger partial charge in [-0.1, -0.05) is 5.16 Å². The number of amidine groups is 1. The van der Waals surface area contributed by atoms with Crippen LogP contribution >= 0.6 is 15.9 Å². The minimum Gasteiger partial charge on any atom is -0.409 e. The average molecular weight is 342 g/mol. The van der Waals surface area contributed by atoms with E-state index in [1.54, 1.807) is 6.20 Å². The van der Waals surface area contributed by atoms with Gasteiger partial charge in [-0.05, 0) is 34.5 Å². The summed E-state index contributed by atoms with van der Waals surface area (Å²) in [7, 11) is 0. The van der Waals surface area contributed by atoms with Crippen LogP contribution in [0.25, 0.3) is 0 Å². The molecule has 7 heteroatoms. The molecule has 110 valence electrons. The van der Waals surface area contributed by atoms with Crippen molar-refractivity contribution in [2.75, 3.05) is 26.2 Å². The van der Waals surface area contributed by atoms with Crippen LogP contribution in [0.15, 0.2) is 28.1 Å². The fourth-order valence-electron chi connectivity index (χ4n) is 2.38. The molecule has 1 unspecified atom stereocenters. The number of rotatable bonds is 4. The summed E-state index contributed by atoms with van der Waals surface area (Å²) >= 11 is 3.44. The minimum atomic E-state index is -0.0188. The van der Waals surface area contributed by atoms with Gasteiger partial charge >= 0.3 is 0 Å². The van der Waals surface area contributed by atoms with E-state index in [0.717, 1.165) is 37.2 Å². The molecule has 6 nitrogen and oxygen atoms in total. The van der Waals surface area contributed by atoms with E-state index in [4.69, 9.17) is 10.9 Å². The molecule has 2 rings (SSSR count). The molecule has 0 radical (unpaired) electrons. The lowest BCUT2D eigenvalue weighted by Crippen LogP contribution is -2.52. The van der Waals surface area contributed by atoms with Crippen molar-refractivity contribution < 1.29 is 5.21 Å². The van der Waals surface area contributed by atoms with Crippen molar-refractivity contribution in [3.05, 3.63) is 28.5 Å². The molecule has 1 aromatic rings. The molecule has 0 saturated carbocycles. The summed E-state index contributed by atoms with van der Waals surface area (Å²) in [4.78, 5) is 8.80. The summed E-state index contributed by atoms with van der Waals surface area (Å²) in [6.45, 7) is 6.63. The maximum atomic E-state index is 8.72. The molecule has 0 spiro atoms. The van der Waals surface area contributed by atoms with Crippen LogP contribution in [0.1, 0.15) is 12.5 Å². The Morgan fingerprint density at radius 3 is 2.75 bits per heavy atom. The molecule has 1 fully saturated rings. The highest BCUT2D eigenvalue weighted by Gasteiger charge is 2.23. The zero-order chi connectivity index (χ0) is 14.5. The molecule has 0 aromatic carbocycles. The minimum absolute atomic E-state index is 0.0188. The van der Waals surface area contributed by atoms with Gasteiger partial charge < -0.3 is 10.9 Å². The maximum absolute atomic E-state index is 8.72. The number of piperazine rings is 1. The second kappa shape index (κ2) is 7.01. The Labute approximate surface area is 127 Å². The van der Waals surface area contributed by atoms with Crippen molar-refractivity contribution in [2.45, 2.75) is 19.5 Å². The first kappa shape index (κ1) is 15.2. The van der Waals surface area contributed by atoms with Crippen LogP contribution in [0.2, 0.25) is 0 Å². The first-order valence-corrected chi connectivity index (χ1v) is 7.42. The fraction of sp³-hybridized carbons (Fsp3) is 0.538. The Morgan fingerprint density at radius 1 is 1.45 bits per heavy atom. The van der Waals surface area contributed by atoms with Crippen LogP contribution in [0.4, 0.5) is 0 Å². The first-order chi connectivity index (χ1) is 9.60. The number of nitrogens with zero attached hydrogens (tertiary/aromatic N) is 4. The van der Waals surface area contributed by atoms with Crippen LogP contribution in [0.3, 0.4) is 0 Å².